The highest BCUT2D eigenvalue weighted by molar-refractivity contribution is 5.52. The van der Waals surface area contributed by atoms with Crippen molar-refractivity contribution in [3.8, 4) is 11.5 Å². The Morgan fingerprint density at radius 2 is 2.24 bits per heavy atom. The predicted octanol–water partition coefficient (Wildman–Crippen LogP) is 2.55. The molecule has 0 aliphatic rings. The van der Waals surface area contributed by atoms with Gasteiger partial charge in [0.15, 0.2) is 0 Å². The Kier molecular flexibility index (Phi) is 3.49. The van der Waals surface area contributed by atoms with Crippen LogP contribution in [-0.4, -0.2) is 17.2 Å². The van der Waals surface area contributed by atoms with E-state index in [1.54, 1.807) is 12.1 Å². The molecule has 0 bridgehead atoms. The molecule has 0 aliphatic carbocycles. The zero-order valence-electron chi connectivity index (χ0n) is 9.77. The zero-order valence-corrected chi connectivity index (χ0v) is 9.77. The van der Waals surface area contributed by atoms with Gasteiger partial charge in [-0.05, 0) is 31.7 Å². The quantitative estimate of drug-likeness (QED) is 0.884. The molecule has 2 rings (SSSR count). The molecule has 1 aromatic heterocycles. The lowest BCUT2D eigenvalue weighted by Gasteiger charge is -2.07. The first-order valence-corrected chi connectivity index (χ1v) is 5.51. The molecule has 0 fully saturated rings. The minimum absolute atomic E-state index is 0.0322. The van der Waals surface area contributed by atoms with Crippen molar-refractivity contribution >= 4 is 0 Å². The molecule has 0 saturated heterocycles. The predicted molar refractivity (Wildman–Crippen MR) is 61.8 cm³/mol. The highest BCUT2D eigenvalue weighted by Crippen LogP contribution is 2.22. The van der Waals surface area contributed by atoms with Gasteiger partial charge in [-0.15, -0.1) is 10.2 Å². The van der Waals surface area contributed by atoms with Crippen molar-refractivity contribution in [3.63, 3.8) is 0 Å². The number of nitrogens with one attached hydrogen (secondary N) is 1. The highest BCUT2D eigenvalue weighted by atomic mass is 19.1. The minimum Gasteiger partial charge on any atom is -0.419 e. The molecular formula is C12H14FN3O. The second-order valence-electron chi connectivity index (χ2n) is 3.71. The van der Waals surface area contributed by atoms with E-state index in [0.29, 0.717) is 17.3 Å². The molecule has 1 unspecified atom stereocenters. The third-order valence-corrected chi connectivity index (χ3v) is 2.57. The number of hydrogen-bond donors (Lipinski definition) is 1. The number of benzene rings is 1. The monoisotopic (exact) mass is 235 g/mol. The average molecular weight is 235 g/mol. The summed E-state index contributed by atoms with van der Waals surface area (Å²) in [6, 6.07) is 6.13. The van der Waals surface area contributed by atoms with Crippen molar-refractivity contribution in [2.24, 2.45) is 0 Å². The Labute approximate surface area is 98.9 Å². The second kappa shape index (κ2) is 5.05. The van der Waals surface area contributed by atoms with Gasteiger partial charge in [-0.1, -0.05) is 13.0 Å². The van der Waals surface area contributed by atoms with Gasteiger partial charge in [-0.25, -0.2) is 4.39 Å². The molecule has 0 aliphatic heterocycles. The lowest BCUT2D eigenvalue weighted by molar-refractivity contribution is 0.415. The van der Waals surface area contributed by atoms with E-state index < -0.39 is 0 Å². The van der Waals surface area contributed by atoms with Gasteiger partial charge in [0.05, 0.1) is 6.04 Å². The largest absolute Gasteiger partial charge is 0.419 e. The van der Waals surface area contributed by atoms with Crippen LogP contribution in [0.2, 0.25) is 0 Å². The molecule has 0 spiro atoms. The standard InChI is InChI=1S/C12H14FN3O/c1-3-10(14-2)12-16-15-11(17-12)8-5-4-6-9(13)7-8/h4-7,10,14H,3H2,1-2H3. The third-order valence-electron chi connectivity index (χ3n) is 2.57. The van der Waals surface area contributed by atoms with Crippen LogP contribution in [0.15, 0.2) is 28.7 Å². The molecule has 5 heteroatoms. The smallest absolute Gasteiger partial charge is 0.247 e. The van der Waals surface area contributed by atoms with Crippen LogP contribution in [0.1, 0.15) is 25.3 Å². The first kappa shape index (κ1) is 11.7. The van der Waals surface area contributed by atoms with Crippen LogP contribution in [0.5, 0.6) is 0 Å². The molecule has 0 saturated carbocycles. The van der Waals surface area contributed by atoms with Crippen molar-refractivity contribution < 1.29 is 8.81 Å². The van der Waals surface area contributed by atoms with E-state index in [0.717, 1.165) is 6.42 Å². The zero-order chi connectivity index (χ0) is 12.3. The average Bonchev–Trinajstić information content (AvgIpc) is 2.80. The number of halogens is 1. The van der Waals surface area contributed by atoms with Crippen molar-refractivity contribution in [2.75, 3.05) is 7.05 Å². The summed E-state index contributed by atoms with van der Waals surface area (Å²) in [5, 5.41) is 11.0. The first-order chi connectivity index (χ1) is 8.24. The number of rotatable bonds is 4. The normalized spacial score (nSPS) is 12.6. The maximum absolute atomic E-state index is 13.0. The third kappa shape index (κ3) is 2.50. The minimum atomic E-state index is -0.317. The fourth-order valence-corrected chi connectivity index (χ4v) is 1.62. The van der Waals surface area contributed by atoms with Crippen molar-refractivity contribution in [1.29, 1.82) is 0 Å². The molecule has 1 N–H and O–H groups in total. The highest BCUT2D eigenvalue weighted by Gasteiger charge is 2.15. The van der Waals surface area contributed by atoms with Gasteiger partial charge in [-0.2, -0.15) is 0 Å². The first-order valence-electron chi connectivity index (χ1n) is 5.51. The summed E-state index contributed by atoms with van der Waals surface area (Å²) in [6.45, 7) is 2.02. The van der Waals surface area contributed by atoms with Crippen LogP contribution < -0.4 is 5.32 Å². The van der Waals surface area contributed by atoms with Gasteiger partial charge in [0.25, 0.3) is 0 Å². The SMILES string of the molecule is CCC(NC)c1nnc(-c2cccc(F)c2)o1. The van der Waals surface area contributed by atoms with Gasteiger partial charge in [0.2, 0.25) is 11.8 Å². The number of aromatic nitrogens is 2. The number of hydrogen-bond acceptors (Lipinski definition) is 4. The molecule has 2 aromatic rings. The number of nitrogens with zero attached hydrogens (tertiary/aromatic N) is 2. The Balaban J connectivity index is 2.29. The van der Waals surface area contributed by atoms with Crippen LogP contribution in [0.4, 0.5) is 4.39 Å². The van der Waals surface area contributed by atoms with E-state index in [4.69, 9.17) is 4.42 Å². The summed E-state index contributed by atoms with van der Waals surface area (Å²) in [6.07, 6.45) is 0.848. The molecule has 0 radical (unpaired) electrons. The summed E-state index contributed by atoms with van der Waals surface area (Å²) in [7, 11) is 1.83. The van der Waals surface area contributed by atoms with Crippen LogP contribution in [0.25, 0.3) is 11.5 Å². The summed E-state index contributed by atoms with van der Waals surface area (Å²) in [5.74, 6) is 0.547. The molecule has 1 atom stereocenters. The van der Waals surface area contributed by atoms with Crippen LogP contribution in [-0.2, 0) is 0 Å². The van der Waals surface area contributed by atoms with Gasteiger partial charge >= 0.3 is 0 Å². The van der Waals surface area contributed by atoms with Crippen LogP contribution in [0, 0.1) is 5.82 Å². The Morgan fingerprint density at radius 1 is 1.41 bits per heavy atom. The summed E-state index contributed by atoms with van der Waals surface area (Å²) >= 11 is 0. The van der Waals surface area contributed by atoms with Gasteiger partial charge in [-0.3, -0.25) is 0 Å². The van der Waals surface area contributed by atoms with Crippen molar-refractivity contribution in [3.05, 3.63) is 36.0 Å². The molecule has 17 heavy (non-hydrogen) atoms. The summed E-state index contributed by atoms with van der Waals surface area (Å²) < 4.78 is 18.6. The van der Waals surface area contributed by atoms with E-state index in [1.165, 1.54) is 12.1 Å². The van der Waals surface area contributed by atoms with Gasteiger partial charge in [0, 0.05) is 5.56 Å². The Morgan fingerprint density at radius 3 is 2.88 bits per heavy atom. The molecule has 90 valence electrons. The lowest BCUT2D eigenvalue weighted by Crippen LogP contribution is -2.15. The Bertz CT molecular complexity index is 494. The fraction of sp³-hybridized carbons (Fsp3) is 0.333. The molecular weight excluding hydrogens is 221 g/mol. The van der Waals surface area contributed by atoms with E-state index in [1.807, 2.05) is 14.0 Å². The second-order valence-corrected chi connectivity index (χ2v) is 3.71. The molecule has 0 amide bonds. The van der Waals surface area contributed by atoms with E-state index in [-0.39, 0.29) is 11.9 Å². The Hall–Kier alpha value is -1.75. The van der Waals surface area contributed by atoms with Crippen molar-refractivity contribution in [2.45, 2.75) is 19.4 Å². The lowest BCUT2D eigenvalue weighted by atomic mass is 10.2. The van der Waals surface area contributed by atoms with Crippen molar-refractivity contribution in [1.82, 2.24) is 15.5 Å². The van der Waals surface area contributed by atoms with E-state index >= 15 is 0 Å². The summed E-state index contributed by atoms with van der Waals surface area (Å²) in [4.78, 5) is 0. The van der Waals surface area contributed by atoms with E-state index in [2.05, 4.69) is 15.5 Å². The van der Waals surface area contributed by atoms with Gasteiger partial charge < -0.3 is 9.73 Å². The molecule has 1 aromatic carbocycles. The summed E-state index contributed by atoms with van der Waals surface area (Å²) in [5.41, 5.74) is 0.592. The fourth-order valence-electron chi connectivity index (χ4n) is 1.62. The van der Waals surface area contributed by atoms with E-state index in [9.17, 15) is 4.39 Å². The van der Waals surface area contributed by atoms with Crippen LogP contribution in [0.3, 0.4) is 0 Å². The topological polar surface area (TPSA) is 51.0 Å². The maximum atomic E-state index is 13.0. The molecule has 4 nitrogen and oxygen atoms in total. The maximum Gasteiger partial charge on any atom is 0.247 e. The van der Waals surface area contributed by atoms with Crippen LogP contribution >= 0.6 is 0 Å². The molecule has 1 heterocycles. The van der Waals surface area contributed by atoms with Gasteiger partial charge in [0.1, 0.15) is 5.82 Å².